The maximum Gasteiger partial charge on any atom is 0.240 e. The molecular formula is C25H15F2N7O2S. The Morgan fingerprint density at radius 2 is 1.73 bits per heavy atom. The molecule has 182 valence electrons. The largest absolute Gasteiger partial charge is 0.291 e. The van der Waals surface area contributed by atoms with Crippen molar-refractivity contribution in [2.45, 2.75) is 11.4 Å². The number of fused-ring (bicyclic) bond motifs is 5. The fourth-order valence-electron chi connectivity index (χ4n) is 4.26. The molecule has 0 amide bonds. The van der Waals surface area contributed by atoms with Crippen molar-refractivity contribution in [2.24, 2.45) is 0 Å². The number of aromatic nitrogens is 5. The highest BCUT2D eigenvalue weighted by atomic mass is 32.2. The van der Waals surface area contributed by atoms with Crippen LogP contribution in [0.15, 0.2) is 77.8 Å². The Bertz CT molecular complexity index is 1990. The van der Waals surface area contributed by atoms with Crippen molar-refractivity contribution in [1.29, 1.82) is 5.26 Å². The van der Waals surface area contributed by atoms with Gasteiger partial charge in [-0.2, -0.15) is 5.26 Å². The van der Waals surface area contributed by atoms with Crippen LogP contribution in [0.25, 0.3) is 33.3 Å². The van der Waals surface area contributed by atoms with Gasteiger partial charge in [-0.15, -0.1) is 5.10 Å². The lowest BCUT2D eigenvalue weighted by Crippen LogP contribution is -2.23. The van der Waals surface area contributed by atoms with Gasteiger partial charge in [0.05, 0.1) is 45.6 Å². The van der Waals surface area contributed by atoms with Crippen molar-refractivity contribution in [3.8, 4) is 11.8 Å². The number of halogens is 2. The number of benzene rings is 3. The Morgan fingerprint density at radius 3 is 2.51 bits per heavy atom. The molecule has 6 rings (SSSR count). The minimum atomic E-state index is -3.93. The van der Waals surface area contributed by atoms with Crippen LogP contribution in [0.1, 0.15) is 11.3 Å². The SMILES string of the molecule is N#Cc1c(-n2cc(CNS(=O)(=O)c3ccc(F)cc3)nn2)c2ccc(F)cc2n2c1nc1ccccc12. The van der Waals surface area contributed by atoms with Crippen LogP contribution in [0.3, 0.4) is 0 Å². The third-order valence-electron chi connectivity index (χ3n) is 5.93. The number of para-hydroxylation sites is 2. The number of hydrogen-bond donors (Lipinski definition) is 1. The van der Waals surface area contributed by atoms with Crippen LogP contribution in [0.5, 0.6) is 0 Å². The van der Waals surface area contributed by atoms with Crippen molar-refractivity contribution < 1.29 is 17.2 Å². The molecule has 0 spiro atoms. The van der Waals surface area contributed by atoms with Crippen LogP contribution in [0.4, 0.5) is 8.78 Å². The van der Waals surface area contributed by atoms with Crippen molar-refractivity contribution in [3.05, 3.63) is 95.8 Å². The maximum atomic E-state index is 14.3. The Morgan fingerprint density at radius 1 is 0.973 bits per heavy atom. The summed E-state index contributed by atoms with van der Waals surface area (Å²) in [6.07, 6.45) is 1.48. The molecule has 3 aromatic carbocycles. The predicted octanol–water partition coefficient (Wildman–Crippen LogP) is 3.85. The number of hydrogen-bond acceptors (Lipinski definition) is 6. The van der Waals surface area contributed by atoms with Gasteiger partial charge in [-0.25, -0.2) is 31.6 Å². The number of imidazole rings is 1. The summed E-state index contributed by atoms with van der Waals surface area (Å²) in [5, 5.41) is 18.8. The zero-order valence-electron chi connectivity index (χ0n) is 18.8. The van der Waals surface area contributed by atoms with E-state index in [-0.39, 0.29) is 22.7 Å². The predicted molar refractivity (Wildman–Crippen MR) is 130 cm³/mol. The zero-order chi connectivity index (χ0) is 25.7. The molecule has 3 aromatic heterocycles. The number of nitrogens with one attached hydrogen (secondary N) is 1. The highest BCUT2D eigenvalue weighted by Gasteiger charge is 2.22. The van der Waals surface area contributed by atoms with E-state index in [4.69, 9.17) is 0 Å². The summed E-state index contributed by atoms with van der Waals surface area (Å²) in [4.78, 5) is 4.51. The average molecular weight is 516 g/mol. The van der Waals surface area contributed by atoms with Gasteiger partial charge in [0, 0.05) is 5.39 Å². The van der Waals surface area contributed by atoms with Crippen molar-refractivity contribution in [2.75, 3.05) is 0 Å². The summed E-state index contributed by atoms with van der Waals surface area (Å²) in [7, 11) is -3.93. The van der Waals surface area contributed by atoms with Gasteiger partial charge in [0.1, 0.15) is 23.3 Å². The Balaban J connectivity index is 1.46. The van der Waals surface area contributed by atoms with Gasteiger partial charge >= 0.3 is 0 Å². The van der Waals surface area contributed by atoms with Gasteiger partial charge in [-0.05, 0) is 54.6 Å². The molecule has 0 fully saturated rings. The average Bonchev–Trinajstić information content (AvgIpc) is 3.52. The minimum Gasteiger partial charge on any atom is -0.291 e. The lowest BCUT2D eigenvalue weighted by molar-refractivity contribution is 0.579. The van der Waals surface area contributed by atoms with Gasteiger partial charge in [-0.1, -0.05) is 17.3 Å². The van der Waals surface area contributed by atoms with Crippen molar-refractivity contribution in [3.63, 3.8) is 0 Å². The van der Waals surface area contributed by atoms with E-state index >= 15 is 0 Å². The zero-order valence-corrected chi connectivity index (χ0v) is 19.6. The van der Waals surface area contributed by atoms with Crippen LogP contribution < -0.4 is 4.72 Å². The van der Waals surface area contributed by atoms with E-state index in [1.807, 2.05) is 18.2 Å². The lowest BCUT2D eigenvalue weighted by atomic mass is 10.1. The molecule has 9 nitrogen and oxygen atoms in total. The topological polar surface area (TPSA) is 118 Å². The Kier molecular flexibility index (Phi) is 5.18. The first-order valence-corrected chi connectivity index (χ1v) is 12.4. The van der Waals surface area contributed by atoms with E-state index in [0.29, 0.717) is 33.3 Å². The third kappa shape index (κ3) is 3.77. The molecule has 37 heavy (non-hydrogen) atoms. The number of rotatable bonds is 5. The second kappa shape index (κ2) is 8.44. The highest BCUT2D eigenvalue weighted by Crippen LogP contribution is 2.32. The molecular weight excluding hydrogens is 500 g/mol. The first-order chi connectivity index (χ1) is 17.9. The monoisotopic (exact) mass is 515 g/mol. The highest BCUT2D eigenvalue weighted by molar-refractivity contribution is 7.89. The van der Waals surface area contributed by atoms with E-state index in [9.17, 15) is 22.5 Å². The first-order valence-electron chi connectivity index (χ1n) is 10.9. The molecule has 0 unspecified atom stereocenters. The smallest absolute Gasteiger partial charge is 0.240 e. The minimum absolute atomic E-state index is 0.0992. The lowest BCUT2D eigenvalue weighted by Gasteiger charge is -2.12. The molecule has 0 aliphatic heterocycles. The molecule has 0 bridgehead atoms. The van der Waals surface area contributed by atoms with Crippen molar-refractivity contribution in [1.82, 2.24) is 29.1 Å². The van der Waals surface area contributed by atoms with E-state index in [2.05, 4.69) is 26.1 Å². The first kappa shape index (κ1) is 22.7. The van der Waals surface area contributed by atoms with Gasteiger partial charge in [0.2, 0.25) is 10.0 Å². The third-order valence-corrected chi connectivity index (χ3v) is 7.34. The maximum absolute atomic E-state index is 14.3. The van der Waals surface area contributed by atoms with Gasteiger partial charge in [0.25, 0.3) is 0 Å². The van der Waals surface area contributed by atoms with E-state index < -0.39 is 21.7 Å². The Labute approximate surface area is 208 Å². The quantitative estimate of drug-likeness (QED) is 0.373. The summed E-state index contributed by atoms with van der Waals surface area (Å²) in [5.41, 5.74) is 2.94. The molecule has 12 heteroatoms. The molecule has 1 N–H and O–H groups in total. The Hall–Kier alpha value is -4.73. The summed E-state index contributed by atoms with van der Waals surface area (Å²) in [6.45, 7) is -0.205. The van der Waals surface area contributed by atoms with Gasteiger partial charge in [-0.3, -0.25) is 4.40 Å². The second-order valence-corrected chi connectivity index (χ2v) is 9.96. The van der Waals surface area contributed by atoms with E-state index in [1.54, 1.807) is 16.5 Å². The van der Waals surface area contributed by atoms with Crippen LogP contribution in [0, 0.1) is 23.0 Å². The molecule has 0 saturated carbocycles. The van der Waals surface area contributed by atoms with Crippen LogP contribution >= 0.6 is 0 Å². The number of sulfonamides is 1. The summed E-state index contributed by atoms with van der Waals surface area (Å²) >= 11 is 0. The molecule has 0 radical (unpaired) electrons. The normalized spacial score (nSPS) is 11.9. The molecule has 0 atom stereocenters. The van der Waals surface area contributed by atoms with Crippen molar-refractivity contribution >= 4 is 37.6 Å². The van der Waals surface area contributed by atoms with E-state index in [0.717, 1.165) is 24.3 Å². The van der Waals surface area contributed by atoms with Crippen LogP contribution in [0.2, 0.25) is 0 Å². The molecule has 0 aliphatic rings. The second-order valence-electron chi connectivity index (χ2n) is 8.19. The molecule has 0 aliphatic carbocycles. The van der Waals surface area contributed by atoms with Crippen LogP contribution in [-0.4, -0.2) is 32.8 Å². The summed E-state index contributed by atoms with van der Waals surface area (Å²) < 4.78 is 58.1. The molecule has 3 heterocycles. The van der Waals surface area contributed by atoms with E-state index in [1.165, 1.54) is 23.0 Å². The summed E-state index contributed by atoms with van der Waals surface area (Å²) in [5.74, 6) is -1.01. The number of nitriles is 1. The number of pyridine rings is 1. The van der Waals surface area contributed by atoms with Gasteiger partial charge in [0.15, 0.2) is 5.65 Å². The summed E-state index contributed by atoms with van der Waals surface area (Å²) in [6, 6.07) is 18.1. The molecule has 6 aromatic rings. The fourth-order valence-corrected chi connectivity index (χ4v) is 5.26. The standard InChI is InChI=1S/C25H15F2N7O2S/c26-15-5-8-18(9-6-15)37(35,36)29-13-17-14-33(32-31-17)24-19-10-7-16(27)11-23(19)34-22-4-2-1-3-21(22)30-25(34)20(24)12-28/h1-11,14,29H,13H2. The number of nitrogens with zero attached hydrogens (tertiary/aromatic N) is 6. The molecule has 0 saturated heterocycles. The van der Waals surface area contributed by atoms with Crippen LogP contribution in [-0.2, 0) is 16.6 Å². The van der Waals surface area contributed by atoms with Gasteiger partial charge < -0.3 is 0 Å². The fraction of sp³-hybridized carbons (Fsp3) is 0.0400.